The van der Waals surface area contributed by atoms with Crippen molar-refractivity contribution in [3.8, 4) is 5.75 Å². The van der Waals surface area contributed by atoms with Crippen molar-refractivity contribution in [2.24, 2.45) is 0 Å². The highest BCUT2D eigenvalue weighted by Crippen LogP contribution is 2.20. The van der Waals surface area contributed by atoms with E-state index in [-0.39, 0.29) is 5.91 Å². The van der Waals surface area contributed by atoms with E-state index in [1.807, 2.05) is 24.4 Å². The van der Waals surface area contributed by atoms with Crippen molar-refractivity contribution in [2.75, 3.05) is 11.9 Å². The summed E-state index contributed by atoms with van der Waals surface area (Å²) in [6.45, 7) is 2.62. The van der Waals surface area contributed by atoms with Crippen LogP contribution < -0.4 is 10.1 Å². The van der Waals surface area contributed by atoms with Gasteiger partial charge >= 0.3 is 0 Å². The molecular weight excluding hydrogens is 248 g/mol. The molecule has 1 aromatic heterocycles. The maximum Gasteiger partial charge on any atom is 0.261 e. The molecular formula is C13H14N2O2S. The summed E-state index contributed by atoms with van der Waals surface area (Å²) in [5.41, 5.74) is 0.529. The van der Waals surface area contributed by atoms with Crippen molar-refractivity contribution < 1.29 is 9.53 Å². The van der Waals surface area contributed by atoms with Crippen LogP contribution in [0.2, 0.25) is 0 Å². The number of carbonyl (C=O) groups is 1. The summed E-state index contributed by atoms with van der Waals surface area (Å²) in [6.07, 6.45) is 2.56. The minimum absolute atomic E-state index is 0.198. The minimum atomic E-state index is -0.198. The van der Waals surface area contributed by atoms with Crippen molar-refractivity contribution in [1.82, 2.24) is 4.98 Å². The fourth-order valence-electron chi connectivity index (χ4n) is 1.44. The molecule has 0 atom stereocenters. The lowest BCUT2D eigenvalue weighted by atomic mass is 10.2. The van der Waals surface area contributed by atoms with Crippen LogP contribution in [0, 0.1) is 0 Å². The Morgan fingerprint density at radius 2 is 2.28 bits per heavy atom. The number of ether oxygens (including phenoxy) is 1. The summed E-state index contributed by atoms with van der Waals surface area (Å²) in [4.78, 5) is 16.1. The second-order valence-corrected chi connectivity index (χ2v) is 4.53. The molecule has 0 aliphatic heterocycles. The number of amides is 1. The molecule has 0 fully saturated rings. The molecule has 4 nitrogen and oxygen atoms in total. The van der Waals surface area contributed by atoms with Crippen molar-refractivity contribution in [1.29, 1.82) is 0 Å². The lowest BCUT2D eigenvalue weighted by Crippen LogP contribution is -2.13. The highest BCUT2D eigenvalue weighted by atomic mass is 32.1. The van der Waals surface area contributed by atoms with Crippen LogP contribution in [0.15, 0.2) is 35.8 Å². The number of para-hydroxylation sites is 1. The van der Waals surface area contributed by atoms with Gasteiger partial charge in [-0.3, -0.25) is 10.1 Å². The van der Waals surface area contributed by atoms with E-state index in [9.17, 15) is 4.79 Å². The van der Waals surface area contributed by atoms with Gasteiger partial charge in [0.05, 0.1) is 12.2 Å². The van der Waals surface area contributed by atoms with E-state index in [4.69, 9.17) is 4.74 Å². The van der Waals surface area contributed by atoms with Crippen LogP contribution in [-0.4, -0.2) is 17.5 Å². The first-order chi connectivity index (χ1) is 8.81. The summed E-state index contributed by atoms with van der Waals surface area (Å²) >= 11 is 1.39. The molecule has 2 aromatic rings. The smallest absolute Gasteiger partial charge is 0.261 e. The van der Waals surface area contributed by atoms with Crippen molar-refractivity contribution in [3.05, 3.63) is 41.4 Å². The van der Waals surface area contributed by atoms with E-state index in [1.54, 1.807) is 18.3 Å². The van der Waals surface area contributed by atoms with Gasteiger partial charge in [-0.2, -0.15) is 0 Å². The predicted octanol–water partition coefficient (Wildman–Crippen LogP) is 3.18. The van der Waals surface area contributed by atoms with E-state index in [1.165, 1.54) is 11.3 Å². The third-order valence-electron chi connectivity index (χ3n) is 2.25. The van der Waals surface area contributed by atoms with E-state index in [0.29, 0.717) is 23.1 Å². The van der Waals surface area contributed by atoms with Crippen LogP contribution in [0.3, 0.4) is 0 Å². The number of benzene rings is 1. The average molecular weight is 262 g/mol. The fraction of sp³-hybridized carbons (Fsp3) is 0.231. The highest BCUT2D eigenvalue weighted by Gasteiger charge is 2.12. The van der Waals surface area contributed by atoms with Gasteiger partial charge in [-0.1, -0.05) is 19.1 Å². The molecule has 0 bridgehead atoms. The maximum atomic E-state index is 12.1. The molecule has 0 spiro atoms. The Bertz CT molecular complexity index is 511. The Kier molecular flexibility index (Phi) is 4.30. The first-order valence-corrected chi connectivity index (χ1v) is 6.62. The van der Waals surface area contributed by atoms with Gasteiger partial charge in [0.2, 0.25) is 0 Å². The van der Waals surface area contributed by atoms with Crippen molar-refractivity contribution >= 4 is 22.4 Å². The molecule has 1 amide bonds. The Hall–Kier alpha value is -1.88. The summed E-state index contributed by atoms with van der Waals surface area (Å²) in [5, 5.41) is 5.15. The molecule has 0 unspecified atom stereocenters. The normalized spacial score (nSPS) is 10.1. The van der Waals surface area contributed by atoms with Gasteiger partial charge in [0.1, 0.15) is 5.75 Å². The standard InChI is InChI=1S/C13H14N2O2S/c1-2-8-17-11-6-4-3-5-10(11)12(16)15-13-14-7-9-18-13/h3-7,9H,2,8H2,1H3,(H,14,15,16). The third kappa shape index (κ3) is 3.07. The minimum Gasteiger partial charge on any atom is -0.493 e. The summed E-state index contributed by atoms with van der Waals surface area (Å²) in [5.74, 6) is 0.407. The number of rotatable bonds is 5. The Balaban J connectivity index is 2.13. The zero-order valence-electron chi connectivity index (χ0n) is 10.1. The summed E-state index contributed by atoms with van der Waals surface area (Å²) in [7, 11) is 0. The van der Waals surface area contributed by atoms with E-state index < -0.39 is 0 Å². The number of aromatic nitrogens is 1. The second-order valence-electron chi connectivity index (χ2n) is 3.64. The Morgan fingerprint density at radius 1 is 1.44 bits per heavy atom. The van der Waals surface area contributed by atoms with Crippen molar-refractivity contribution in [3.63, 3.8) is 0 Å². The van der Waals surface area contributed by atoms with Crippen LogP contribution >= 0.6 is 11.3 Å². The van der Waals surface area contributed by atoms with Gasteiger partial charge in [0.15, 0.2) is 5.13 Å². The van der Waals surface area contributed by atoms with Crippen molar-refractivity contribution in [2.45, 2.75) is 13.3 Å². The summed E-state index contributed by atoms with van der Waals surface area (Å²) in [6, 6.07) is 7.21. The lowest BCUT2D eigenvalue weighted by Gasteiger charge is -2.09. The summed E-state index contributed by atoms with van der Waals surface area (Å²) < 4.78 is 5.55. The quantitative estimate of drug-likeness (QED) is 0.900. The molecule has 0 saturated heterocycles. The highest BCUT2D eigenvalue weighted by molar-refractivity contribution is 7.13. The van der Waals surface area contributed by atoms with Crippen LogP contribution in [0.4, 0.5) is 5.13 Å². The molecule has 1 heterocycles. The molecule has 0 aliphatic rings. The lowest BCUT2D eigenvalue weighted by molar-refractivity contribution is 0.102. The monoisotopic (exact) mass is 262 g/mol. The van der Waals surface area contributed by atoms with Gasteiger partial charge in [0.25, 0.3) is 5.91 Å². The van der Waals surface area contributed by atoms with E-state index >= 15 is 0 Å². The average Bonchev–Trinajstić information content (AvgIpc) is 2.89. The molecule has 18 heavy (non-hydrogen) atoms. The number of thiazole rings is 1. The maximum absolute atomic E-state index is 12.1. The number of hydrogen-bond donors (Lipinski definition) is 1. The topological polar surface area (TPSA) is 51.2 Å². The van der Waals surface area contributed by atoms with Crippen LogP contribution in [0.25, 0.3) is 0 Å². The molecule has 0 saturated carbocycles. The SMILES string of the molecule is CCCOc1ccccc1C(=O)Nc1nccs1. The van der Waals surface area contributed by atoms with Crippen LogP contribution in [-0.2, 0) is 0 Å². The third-order valence-corrected chi connectivity index (χ3v) is 2.93. The second kappa shape index (κ2) is 6.16. The zero-order chi connectivity index (χ0) is 12.8. The largest absolute Gasteiger partial charge is 0.493 e. The van der Waals surface area contributed by atoms with E-state index in [0.717, 1.165) is 6.42 Å². The zero-order valence-corrected chi connectivity index (χ0v) is 10.9. The van der Waals surface area contributed by atoms with Crippen LogP contribution in [0.1, 0.15) is 23.7 Å². The van der Waals surface area contributed by atoms with Gasteiger partial charge < -0.3 is 4.74 Å². The molecule has 0 radical (unpaired) electrons. The van der Waals surface area contributed by atoms with E-state index in [2.05, 4.69) is 10.3 Å². The molecule has 0 aliphatic carbocycles. The Morgan fingerprint density at radius 3 is 3.00 bits per heavy atom. The van der Waals surface area contributed by atoms with Crippen LogP contribution in [0.5, 0.6) is 5.75 Å². The Labute approximate surface area is 110 Å². The number of anilines is 1. The number of carbonyl (C=O) groups excluding carboxylic acids is 1. The number of hydrogen-bond acceptors (Lipinski definition) is 4. The molecule has 1 aromatic carbocycles. The molecule has 94 valence electrons. The van der Waals surface area contributed by atoms with Gasteiger partial charge in [-0.25, -0.2) is 4.98 Å². The first kappa shape index (κ1) is 12.6. The fourth-order valence-corrected chi connectivity index (χ4v) is 1.97. The predicted molar refractivity (Wildman–Crippen MR) is 72.3 cm³/mol. The molecule has 2 rings (SSSR count). The number of nitrogens with zero attached hydrogens (tertiary/aromatic N) is 1. The van der Waals surface area contributed by atoms with Gasteiger partial charge in [-0.15, -0.1) is 11.3 Å². The van der Waals surface area contributed by atoms with Gasteiger partial charge in [0, 0.05) is 11.6 Å². The molecule has 5 heteroatoms. The van der Waals surface area contributed by atoms with Gasteiger partial charge in [-0.05, 0) is 18.6 Å². The first-order valence-electron chi connectivity index (χ1n) is 5.74. The number of nitrogens with one attached hydrogen (secondary N) is 1. The molecule has 1 N–H and O–H groups in total.